The van der Waals surface area contributed by atoms with Crippen LogP contribution in [0.15, 0.2) is 39.6 Å². The number of halogens is 1. The van der Waals surface area contributed by atoms with Crippen molar-refractivity contribution in [2.24, 2.45) is 0 Å². The maximum Gasteiger partial charge on any atom is 0.371 e. The van der Waals surface area contributed by atoms with Crippen molar-refractivity contribution in [3.8, 4) is 0 Å². The molecule has 0 aliphatic rings. The number of aryl methyl sites for hydroxylation is 1. The molecule has 21 heavy (non-hydrogen) atoms. The molecule has 0 fully saturated rings. The normalized spacial score (nSPS) is 11.5. The summed E-state index contributed by atoms with van der Waals surface area (Å²) < 4.78 is 31.4. The number of carbonyl (C=O) groups is 1. The SMILES string of the molecule is Cc1ccc(S(=O)(=O)NCc2ccc(C(=O)O)o2)cc1Cl. The second kappa shape index (κ2) is 5.88. The number of benzene rings is 1. The van der Waals surface area contributed by atoms with E-state index in [0.717, 1.165) is 5.56 Å². The first-order valence-corrected chi connectivity index (χ1v) is 7.73. The van der Waals surface area contributed by atoms with E-state index in [2.05, 4.69) is 4.72 Å². The lowest BCUT2D eigenvalue weighted by Crippen LogP contribution is -2.23. The predicted molar refractivity (Wildman–Crippen MR) is 75.9 cm³/mol. The first-order chi connectivity index (χ1) is 9.79. The minimum atomic E-state index is -3.75. The molecule has 1 aromatic heterocycles. The van der Waals surface area contributed by atoms with Gasteiger partial charge in [-0.2, -0.15) is 0 Å². The van der Waals surface area contributed by atoms with Gasteiger partial charge in [0.05, 0.1) is 11.4 Å². The van der Waals surface area contributed by atoms with Gasteiger partial charge >= 0.3 is 5.97 Å². The monoisotopic (exact) mass is 329 g/mol. The van der Waals surface area contributed by atoms with Crippen molar-refractivity contribution in [3.05, 3.63) is 52.4 Å². The largest absolute Gasteiger partial charge is 0.475 e. The Balaban J connectivity index is 2.13. The van der Waals surface area contributed by atoms with E-state index < -0.39 is 16.0 Å². The standard InChI is InChI=1S/C13H12ClNO5S/c1-8-2-4-10(6-11(8)14)21(18,19)15-7-9-3-5-12(20-9)13(16)17/h2-6,15H,7H2,1H3,(H,16,17). The average Bonchev–Trinajstić information content (AvgIpc) is 2.89. The zero-order valence-electron chi connectivity index (χ0n) is 11.0. The molecular weight excluding hydrogens is 318 g/mol. The summed E-state index contributed by atoms with van der Waals surface area (Å²) in [5.41, 5.74) is 0.771. The van der Waals surface area contributed by atoms with Gasteiger partial charge in [0, 0.05) is 5.02 Å². The molecule has 8 heteroatoms. The van der Waals surface area contributed by atoms with Gasteiger partial charge < -0.3 is 9.52 Å². The Kier molecular flexibility index (Phi) is 4.36. The maximum absolute atomic E-state index is 12.1. The molecule has 0 atom stereocenters. The Morgan fingerprint density at radius 3 is 2.62 bits per heavy atom. The summed E-state index contributed by atoms with van der Waals surface area (Å²) in [6, 6.07) is 7.05. The van der Waals surface area contributed by atoms with E-state index in [9.17, 15) is 13.2 Å². The summed E-state index contributed by atoms with van der Waals surface area (Å²) in [5, 5.41) is 9.06. The molecule has 0 saturated heterocycles. The van der Waals surface area contributed by atoms with Gasteiger partial charge in [-0.3, -0.25) is 0 Å². The molecule has 1 aromatic carbocycles. The van der Waals surface area contributed by atoms with Crippen molar-refractivity contribution in [2.45, 2.75) is 18.4 Å². The number of carboxylic acids is 1. The van der Waals surface area contributed by atoms with Crippen molar-refractivity contribution in [1.82, 2.24) is 4.72 Å². The highest BCUT2D eigenvalue weighted by atomic mass is 35.5. The third-order valence-electron chi connectivity index (χ3n) is 2.76. The zero-order chi connectivity index (χ0) is 15.6. The van der Waals surface area contributed by atoms with Crippen LogP contribution in [0.25, 0.3) is 0 Å². The van der Waals surface area contributed by atoms with Crippen LogP contribution in [-0.2, 0) is 16.6 Å². The third-order valence-corrected chi connectivity index (χ3v) is 4.57. The van der Waals surface area contributed by atoms with Crippen molar-refractivity contribution >= 4 is 27.6 Å². The zero-order valence-corrected chi connectivity index (χ0v) is 12.5. The maximum atomic E-state index is 12.1. The molecule has 6 nitrogen and oxygen atoms in total. The van der Waals surface area contributed by atoms with Gasteiger partial charge in [0.2, 0.25) is 15.8 Å². The fraction of sp³-hybridized carbons (Fsp3) is 0.154. The van der Waals surface area contributed by atoms with E-state index in [1.807, 2.05) is 0 Å². The van der Waals surface area contributed by atoms with Gasteiger partial charge in [-0.25, -0.2) is 17.9 Å². The fourth-order valence-corrected chi connectivity index (χ4v) is 2.84. The molecule has 0 unspecified atom stereocenters. The lowest BCUT2D eigenvalue weighted by Gasteiger charge is -2.06. The number of carboxylic acid groups (broad SMARTS) is 1. The van der Waals surface area contributed by atoms with E-state index in [1.54, 1.807) is 13.0 Å². The number of hydrogen-bond donors (Lipinski definition) is 2. The highest BCUT2D eigenvalue weighted by Gasteiger charge is 2.16. The number of nitrogens with one attached hydrogen (secondary N) is 1. The van der Waals surface area contributed by atoms with Crippen molar-refractivity contribution in [1.29, 1.82) is 0 Å². The molecule has 0 saturated carbocycles. The van der Waals surface area contributed by atoms with Crippen molar-refractivity contribution in [2.75, 3.05) is 0 Å². The summed E-state index contributed by atoms with van der Waals surface area (Å²) in [7, 11) is -3.75. The lowest BCUT2D eigenvalue weighted by atomic mass is 10.2. The van der Waals surface area contributed by atoms with E-state index in [-0.39, 0.29) is 23.0 Å². The number of furan rings is 1. The topological polar surface area (TPSA) is 96.6 Å². The Morgan fingerprint density at radius 2 is 2.05 bits per heavy atom. The number of rotatable bonds is 5. The molecule has 1 heterocycles. The molecule has 2 aromatic rings. The smallest absolute Gasteiger partial charge is 0.371 e. The third kappa shape index (κ3) is 3.63. The van der Waals surface area contributed by atoms with Crippen LogP contribution in [0, 0.1) is 6.92 Å². The summed E-state index contributed by atoms with van der Waals surface area (Å²) in [6.45, 7) is 1.61. The molecule has 0 spiro atoms. The second-order valence-electron chi connectivity index (χ2n) is 4.31. The molecular formula is C13H12ClNO5S. The fourth-order valence-electron chi connectivity index (χ4n) is 1.58. The molecule has 2 rings (SSSR count). The van der Waals surface area contributed by atoms with E-state index in [1.165, 1.54) is 24.3 Å². The summed E-state index contributed by atoms with van der Waals surface area (Å²) in [5.74, 6) is -1.26. The molecule has 2 N–H and O–H groups in total. The van der Waals surface area contributed by atoms with Gasteiger partial charge in [0.15, 0.2) is 0 Å². The molecule has 0 aliphatic carbocycles. The molecule has 0 bridgehead atoms. The number of hydrogen-bond acceptors (Lipinski definition) is 4. The van der Waals surface area contributed by atoms with Crippen LogP contribution in [0.4, 0.5) is 0 Å². The molecule has 0 radical (unpaired) electrons. The highest BCUT2D eigenvalue weighted by molar-refractivity contribution is 7.89. The molecule has 112 valence electrons. The Bertz CT molecular complexity index is 782. The van der Waals surface area contributed by atoms with Gasteiger partial charge in [-0.05, 0) is 36.8 Å². The number of sulfonamides is 1. The summed E-state index contributed by atoms with van der Waals surface area (Å²) in [4.78, 5) is 10.7. The Labute approximate surface area is 126 Å². The van der Waals surface area contributed by atoms with Crippen molar-refractivity contribution in [3.63, 3.8) is 0 Å². The van der Waals surface area contributed by atoms with E-state index in [0.29, 0.717) is 5.02 Å². The van der Waals surface area contributed by atoms with Gasteiger partial charge in [0.25, 0.3) is 0 Å². The first kappa shape index (κ1) is 15.6. The van der Waals surface area contributed by atoms with Crippen LogP contribution in [-0.4, -0.2) is 19.5 Å². The van der Waals surface area contributed by atoms with Crippen LogP contribution in [0.1, 0.15) is 21.9 Å². The first-order valence-electron chi connectivity index (χ1n) is 5.87. The van der Waals surface area contributed by atoms with Crippen LogP contribution in [0.2, 0.25) is 5.02 Å². The highest BCUT2D eigenvalue weighted by Crippen LogP contribution is 2.20. The lowest BCUT2D eigenvalue weighted by molar-refractivity contribution is 0.0660. The van der Waals surface area contributed by atoms with Crippen LogP contribution >= 0.6 is 11.6 Å². The average molecular weight is 330 g/mol. The summed E-state index contributed by atoms with van der Waals surface area (Å²) in [6.07, 6.45) is 0. The van der Waals surface area contributed by atoms with Crippen molar-refractivity contribution < 1.29 is 22.7 Å². The Hall–Kier alpha value is -1.83. The van der Waals surface area contributed by atoms with E-state index >= 15 is 0 Å². The number of aromatic carboxylic acids is 1. The minimum absolute atomic E-state index is 0.0307. The van der Waals surface area contributed by atoms with Crippen LogP contribution in [0.3, 0.4) is 0 Å². The molecule has 0 aliphatic heterocycles. The van der Waals surface area contributed by atoms with Crippen LogP contribution in [0.5, 0.6) is 0 Å². The second-order valence-corrected chi connectivity index (χ2v) is 6.48. The predicted octanol–water partition coefficient (Wildman–Crippen LogP) is 2.42. The van der Waals surface area contributed by atoms with Crippen LogP contribution < -0.4 is 4.72 Å². The summed E-state index contributed by atoms with van der Waals surface area (Å²) >= 11 is 5.90. The van der Waals surface area contributed by atoms with E-state index in [4.69, 9.17) is 21.1 Å². The Morgan fingerprint density at radius 1 is 1.33 bits per heavy atom. The van der Waals surface area contributed by atoms with Gasteiger partial charge in [-0.15, -0.1) is 0 Å². The quantitative estimate of drug-likeness (QED) is 0.878. The van der Waals surface area contributed by atoms with Gasteiger partial charge in [0.1, 0.15) is 5.76 Å². The minimum Gasteiger partial charge on any atom is -0.475 e. The molecule has 0 amide bonds. The van der Waals surface area contributed by atoms with Gasteiger partial charge in [-0.1, -0.05) is 17.7 Å².